The minimum atomic E-state index is -0.720. The number of hydrogen-bond donors (Lipinski definition) is 4. The Morgan fingerprint density at radius 1 is 1.53 bits per heavy atom. The molecule has 4 N–H and O–H groups in total. The van der Waals surface area contributed by atoms with E-state index in [1.807, 2.05) is 13.8 Å². The van der Waals surface area contributed by atoms with Crippen molar-refractivity contribution in [1.29, 1.82) is 0 Å². The maximum Gasteiger partial charge on any atom is 0.315 e. The molecule has 3 unspecified atom stereocenters. The summed E-state index contributed by atoms with van der Waals surface area (Å²) < 4.78 is 5.18. The van der Waals surface area contributed by atoms with Gasteiger partial charge in [-0.2, -0.15) is 0 Å². The fraction of sp³-hybridized carbons (Fsp3) is 0.909. The summed E-state index contributed by atoms with van der Waals surface area (Å²) in [6, 6.07) is -0.658. The number of urea groups is 1. The number of carbonyl (C=O) groups excluding carboxylic acids is 1. The van der Waals surface area contributed by atoms with Crippen LogP contribution in [-0.4, -0.2) is 54.3 Å². The van der Waals surface area contributed by atoms with Crippen molar-refractivity contribution in [3.63, 3.8) is 0 Å². The first kappa shape index (κ1) is 14.2. The van der Waals surface area contributed by atoms with Gasteiger partial charge in [0.1, 0.15) is 0 Å². The van der Waals surface area contributed by atoms with Gasteiger partial charge in [0.2, 0.25) is 0 Å². The monoisotopic (exact) mass is 246 g/mol. The lowest BCUT2D eigenvalue weighted by Crippen LogP contribution is -2.54. The smallest absolute Gasteiger partial charge is 0.315 e. The van der Waals surface area contributed by atoms with Crippen LogP contribution in [0.4, 0.5) is 4.79 Å². The molecule has 0 spiro atoms. The highest BCUT2D eigenvalue weighted by Crippen LogP contribution is 2.14. The second-order valence-corrected chi connectivity index (χ2v) is 4.80. The third-order valence-electron chi connectivity index (χ3n) is 2.67. The van der Waals surface area contributed by atoms with Gasteiger partial charge in [-0.15, -0.1) is 0 Å². The molecule has 6 heteroatoms. The van der Waals surface area contributed by atoms with Gasteiger partial charge in [0.15, 0.2) is 0 Å². The van der Waals surface area contributed by atoms with Gasteiger partial charge in [-0.05, 0) is 12.3 Å². The van der Waals surface area contributed by atoms with Crippen LogP contribution in [0.5, 0.6) is 0 Å². The molecule has 0 aromatic rings. The maximum absolute atomic E-state index is 11.5. The van der Waals surface area contributed by atoms with E-state index in [-0.39, 0.29) is 31.4 Å². The molecule has 3 atom stereocenters. The normalized spacial score (nSPS) is 29.1. The van der Waals surface area contributed by atoms with Crippen LogP contribution < -0.4 is 10.6 Å². The van der Waals surface area contributed by atoms with Gasteiger partial charge in [-0.3, -0.25) is 0 Å². The van der Waals surface area contributed by atoms with E-state index in [2.05, 4.69) is 10.6 Å². The van der Waals surface area contributed by atoms with E-state index >= 15 is 0 Å². The molecule has 100 valence electrons. The second kappa shape index (κ2) is 6.78. The number of aliphatic hydroxyl groups is 2. The Morgan fingerprint density at radius 2 is 2.24 bits per heavy atom. The molecule has 0 bridgehead atoms. The first-order chi connectivity index (χ1) is 8.02. The Kier molecular flexibility index (Phi) is 5.67. The Balaban J connectivity index is 2.35. The van der Waals surface area contributed by atoms with Crippen molar-refractivity contribution in [3.05, 3.63) is 0 Å². The Morgan fingerprint density at radius 3 is 2.82 bits per heavy atom. The van der Waals surface area contributed by atoms with Crippen LogP contribution in [0.1, 0.15) is 20.3 Å². The molecule has 0 radical (unpaired) electrons. The van der Waals surface area contributed by atoms with Gasteiger partial charge in [0.25, 0.3) is 0 Å². The van der Waals surface area contributed by atoms with Gasteiger partial charge in [0.05, 0.1) is 31.5 Å². The van der Waals surface area contributed by atoms with Crippen molar-refractivity contribution < 1.29 is 19.7 Å². The number of amides is 2. The van der Waals surface area contributed by atoms with Gasteiger partial charge in [-0.1, -0.05) is 13.8 Å². The molecule has 1 aliphatic heterocycles. The van der Waals surface area contributed by atoms with Crippen LogP contribution in [0.3, 0.4) is 0 Å². The molecule has 2 amide bonds. The Hall–Kier alpha value is -0.850. The summed E-state index contributed by atoms with van der Waals surface area (Å²) in [7, 11) is 0. The van der Waals surface area contributed by atoms with Crippen LogP contribution in [0.15, 0.2) is 0 Å². The predicted molar refractivity (Wildman–Crippen MR) is 62.6 cm³/mol. The Bertz CT molecular complexity index is 248. The third-order valence-corrected chi connectivity index (χ3v) is 2.67. The van der Waals surface area contributed by atoms with Crippen LogP contribution in [0.25, 0.3) is 0 Å². The number of hydrogen-bond acceptors (Lipinski definition) is 4. The van der Waals surface area contributed by atoms with E-state index < -0.39 is 6.10 Å². The van der Waals surface area contributed by atoms with Gasteiger partial charge in [-0.25, -0.2) is 4.79 Å². The molecule has 1 saturated heterocycles. The van der Waals surface area contributed by atoms with Crippen molar-refractivity contribution in [2.24, 2.45) is 5.92 Å². The minimum absolute atomic E-state index is 0.0987. The largest absolute Gasteiger partial charge is 0.394 e. The first-order valence-corrected chi connectivity index (χ1v) is 5.97. The Labute approximate surface area is 101 Å². The van der Waals surface area contributed by atoms with Crippen LogP contribution in [0, 0.1) is 5.92 Å². The molecular formula is C11H22N2O4. The SMILES string of the molecule is CC(C)CNC(=O)NC1CC(CO)OCC1O. The molecule has 17 heavy (non-hydrogen) atoms. The second-order valence-electron chi connectivity index (χ2n) is 4.80. The van der Waals surface area contributed by atoms with E-state index in [0.717, 1.165) is 0 Å². The number of ether oxygens (including phenoxy) is 1. The molecule has 1 rings (SSSR count). The lowest BCUT2D eigenvalue weighted by Gasteiger charge is -2.33. The molecule has 1 aliphatic rings. The van der Waals surface area contributed by atoms with Crippen LogP contribution in [0.2, 0.25) is 0 Å². The quantitative estimate of drug-likeness (QED) is 0.536. The maximum atomic E-state index is 11.5. The molecule has 0 aromatic carbocycles. The van der Waals surface area contributed by atoms with Gasteiger partial charge >= 0.3 is 6.03 Å². The minimum Gasteiger partial charge on any atom is -0.394 e. The van der Waals surface area contributed by atoms with E-state index in [4.69, 9.17) is 9.84 Å². The molecular weight excluding hydrogens is 224 g/mol. The average molecular weight is 246 g/mol. The fourth-order valence-electron chi connectivity index (χ4n) is 1.66. The van der Waals surface area contributed by atoms with E-state index in [9.17, 15) is 9.90 Å². The molecule has 6 nitrogen and oxygen atoms in total. The van der Waals surface area contributed by atoms with Crippen molar-refractivity contribution in [2.45, 2.75) is 38.5 Å². The summed E-state index contributed by atoms with van der Waals surface area (Å²) in [5.74, 6) is 0.380. The lowest BCUT2D eigenvalue weighted by atomic mass is 10.0. The molecule has 0 aliphatic carbocycles. The summed E-state index contributed by atoms with van der Waals surface area (Å²) in [5.41, 5.74) is 0. The highest BCUT2D eigenvalue weighted by Gasteiger charge is 2.30. The van der Waals surface area contributed by atoms with Crippen molar-refractivity contribution in [1.82, 2.24) is 10.6 Å². The van der Waals surface area contributed by atoms with Crippen molar-refractivity contribution in [2.75, 3.05) is 19.8 Å². The average Bonchev–Trinajstić information content (AvgIpc) is 2.29. The standard InChI is InChI=1S/C11H22N2O4/c1-7(2)4-12-11(16)13-9-3-8(5-14)17-6-10(9)15/h7-10,14-15H,3-6H2,1-2H3,(H2,12,13,16). The highest BCUT2D eigenvalue weighted by molar-refractivity contribution is 5.74. The van der Waals surface area contributed by atoms with Crippen molar-refractivity contribution >= 4 is 6.03 Å². The van der Waals surface area contributed by atoms with Crippen LogP contribution >= 0.6 is 0 Å². The topological polar surface area (TPSA) is 90.8 Å². The number of aliphatic hydroxyl groups excluding tert-OH is 2. The lowest BCUT2D eigenvalue weighted by molar-refractivity contribution is -0.0871. The number of nitrogens with one attached hydrogen (secondary N) is 2. The summed E-state index contributed by atoms with van der Waals surface area (Å²) in [5, 5.41) is 24.0. The van der Waals surface area contributed by atoms with Gasteiger partial charge in [0, 0.05) is 6.54 Å². The first-order valence-electron chi connectivity index (χ1n) is 5.97. The van der Waals surface area contributed by atoms with E-state index in [0.29, 0.717) is 18.9 Å². The zero-order valence-corrected chi connectivity index (χ0v) is 10.3. The molecule has 1 fully saturated rings. The van der Waals surface area contributed by atoms with E-state index in [1.165, 1.54) is 0 Å². The summed E-state index contributed by atoms with van der Waals surface area (Å²) in [6.45, 7) is 4.64. The molecule has 1 heterocycles. The van der Waals surface area contributed by atoms with Gasteiger partial charge < -0.3 is 25.6 Å². The zero-order valence-electron chi connectivity index (χ0n) is 10.3. The summed E-state index contributed by atoms with van der Waals surface area (Å²) in [6.07, 6.45) is -0.608. The summed E-state index contributed by atoms with van der Waals surface area (Å²) in [4.78, 5) is 11.5. The fourth-order valence-corrected chi connectivity index (χ4v) is 1.66. The molecule has 0 saturated carbocycles. The van der Waals surface area contributed by atoms with Crippen molar-refractivity contribution in [3.8, 4) is 0 Å². The number of carbonyl (C=O) groups is 1. The highest BCUT2D eigenvalue weighted by atomic mass is 16.5. The zero-order chi connectivity index (χ0) is 12.8. The summed E-state index contributed by atoms with van der Waals surface area (Å²) >= 11 is 0. The van der Waals surface area contributed by atoms with E-state index in [1.54, 1.807) is 0 Å². The third kappa shape index (κ3) is 4.89. The number of rotatable bonds is 4. The molecule has 0 aromatic heterocycles. The van der Waals surface area contributed by atoms with Crippen LogP contribution in [-0.2, 0) is 4.74 Å². The predicted octanol–water partition coefficient (Wildman–Crippen LogP) is -0.548.